The summed E-state index contributed by atoms with van der Waals surface area (Å²) in [6, 6.07) is 5.65. The minimum Gasteiger partial charge on any atom is -0.330 e. The molecule has 0 aromatic heterocycles. The molecule has 0 saturated carbocycles. The van der Waals surface area contributed by atoms with Crippen molar-refractivity contribution >= 4 is 33.3 Å². The van der Waals surface area contributed by atoms with Gasteiger partial charge in [0.1, 0.15) is 5.78 Å². The van der Waals surface area contributed by atoms with E-state index in [4.69, 9.17) is 17.3 Å². The van der Waals surface area contributed by atoms with E-state index in [0.29, 0.717) is 36.2 Å². The van der Waals surface area contributed by atoms with Gasteiger partial charge in [0.05, 0.1) is 0 Å². The topological polar surface area (TPSA) is 43.1 Å². The molecule has 0 aliphatic heterocycles. The van der Waals surface area contributed by atoms with Crippen molar-refractivity contribution in [3.8, 4) is 0 Å². The number of halogens is 2. The number of Topliss-reactive ketones (excluding diaryl/α,β-unsaturated/α-hetero) is 1. The molecule has 1 atom stereocenters. The Morgan fingerprint density at radius 2 is 2.05 bits per heavy atom. The van der Waals surface area contributed by atoms with Crippen molar-refractivity contribution in [1.82, 2.24) is 0 Å². The van der Waals surface area contributed by atoms with Crippen LogP contribution in [0.2, 0.25) is 5.02 Å². The summed E-state index contributed by atoms with van der Waals surface area (Å²) < 4.78 is 0.932. The van der Waals surface area contributed by atoms with Gasteiger partial charge in [0.15, 0.2) is 0 Å². The van der Waals surface area contributed by atoms with Crippen molar-refractivity contribution < 1.29 is 4.79 Å². The maximum atomic E-state index is 12.1. The number of carbonyl (C=O) groups is 1. The third-order valence-corrected chi connectivity index (χ3v) is 4.52. The zero-order valence-electron chi connectivity index (χ0n) is 12.2. The van der Waals surface area contributed by atoms with Crippen molar-refractivity contribution in [2.24, 2.45) is 17.6 Å². The van der Waals surface area contributed by atoms with E-state index in [0.717, 1.165) is 22.9 Å². The molecule has 0 amide bonds. The van der Waals surface area contributed by atoms with Gasteiger partial charge in [0.25, 0.3) is 0 Å². The molecular formula is C16H23BrClNO. The number of benzene rings is 1. The lowest BCUT2D eigenvalue weighted by molar-refractivity contribution is -0.118. The summed E-state index contributed by atoms with van der Waals surface area (Å²) in [7, 11) is 0. The van der Waals surface area contributed by atoms with Gasteiger partial charge in [-0.1, -0.05) is 47.4 Å². The summed E-state index contributed by atoms with van der Waals surface area (Å²) in [5.74, 6) is 1.35. The molecule has 0 spiro atoms. The van der Waals surface area contributed by atoms with Crippen LogP contribution in [-0.2, 0) is 11.2 Å². The molecule has 20 heavy (non-hydrogen) atoms. The van der Waals surface area contributed by atoms with Gasteiger partial charge >= 0.3 is 0 Å². The molecule has 0 aliphatic carbocycles. The Labute approximate surface area is 135 Å². The first-order valence-corrected chi connectivity index (χ1v) is 8.26. The van der Waals surface area contributed by atoms with Crippen molar-refractivity contribution in [3.05, 3.63) is 33.3 Å². The third kappa shape index (κ3) is 5.94. The van der Waals surface area contributed by atoms with Crippen LogP contribution in [0.4, 0.5) is 0 Å². The highest BCUT2D eigenvalue weighted by Gasteiger charge is 2.15. The van der Waals surface area contributed by atoms with E-state index in [1.54, 1.807) is 0 Å². The van der Waals surface area contributed by atoms with Gasteiger partial charge in [-0.15, -0.1) is 0 Å². The Kier molecular flexibility index (Phi) is 7.78. The molecule has 1 aromatic carbocycles. The summed E-state index contributed by atoms with van der Waals surface area (Å²) in [6.07, 6.45) is 2.93. The van der Waals surface area contributed by atoms with E-state index < -0.39 is 0 Å². The number of hydrogen-bond acceptors (Lipinski definition) is 2. The van der Waals surface area contributed by atoms with Crippen molar-refractivity contribution in [2.45, 2.75) is 39.5 Å². The Morgan fingerprint density at radius 3 is 2.60 bits per heavy atom. The molecule has 112 valence electrons. The van der Waals surface area contributed by atoms with Gasteiger partial charge in [0, 0.05) is 22.3 Å². The molecule has 2 N–H and O–H groups in total. The normalized spacial score (nSPS) is 12.7. The standard InChI is InChI=1S/C16H23BrClNO/c1-11(2)12(7-8-19)4-6-15(20)9-13-3-5-14(17)10-16(13)18/h3,5,10-12H,4,6-9,19H2,1-2H3. The highest BCUT2D eigenvalue weighted by atomic mass is 79.9. The summed E-state index contributed by atoms with van der Waals surface area (Å²) in [4.78, 5) is 12.1. The Hall–Kier alpha value is -0.380. The van der Waals surface area contributed by atoms with Crippen LogP contribution in [0.15, 0.2) is 22.7 Å². The van der Waals surface area contributed by atoms with Crippen LogP contribution in [0.3, 0.4) is 0 Å². The lowest BCUT2D eigenvalue weighted by Gasteiger charge is -2.19. The molecule has 0 fully saturated rings. The van der Waals surface area contributed by atoms with E-state index in [1.807, 2.05) is 18.2 Å². The molecule has 0 bridgehead atoms. The fraction of sp³-hybridized carbons (Fsp3) is 0.562. The fourth-order valence-electron chi connectivity index (χ4n) is 2.34. The molecule has 0 heterocycles. The van der Waals surface area contributed by atoms with E-state index in [9.17, 15) is 4.79 Å². The third-order valence-electron chi connectivity index (χ3n) is 3.68. The Morgan fingerprint density at radius 1 is 1.35 bits per heavy atom. The smallest absolute Gasteiger partial charge is 0.137 e. The number of ketones is 1. The van der Waals surface area contributed by atoms with Crippen LogP contribution in [0.25, 0.3) is 0 Å². The second-order valence-corrected chi connectivity index (χ2v) is 6.89. The SMILES string of the molecule is CC(C)C(CCN)CCC(=O)Cc1ccc(Br)cc1Cl. The number of carbonyl (C=O) groups excluding carboxylic acids is 1. The quantitative estimate of drug-likeness (QED) is 0.735. The van der Waals surface area contributed by atoms with Gasteiger partial charge in [-0.25, -0.2) is 0 Å². The van der Waals surface area contributed by atoms with Crippen molar-refractivity contribution in [1.29, 1.82) is 0 Å². The maximum Gasteiger partial charge on any atom is 0.137 e. The predicted octanol–water partition coefficient (Wildman–Crippen LogP) is 4.62. The lowest BCUT2D eigenvalue weighted by atomic mass is 9.87. The molecule has 1 unspecified atom stereocenters. The first-order chi connectivity index (χ1) is 9.43. The molecule has 1 aromatic rings. The first-order valence-electron chi connectivity index (χ1n) is 7.09. The molecule has 0 radical (unpaired) electrons. The van der Waals surface area contributed by atoms with E-state index in [-0.39, 0.29) is 5.78 Å². The summed E-state index contributed by atoms with van der Waals surface area (Å²) in [5, 5.41) is 0.648. The van der Waals surface area contributed by atoms with Gasteiger partial charge in [-0.3, -0.25) is 4.79 Å². The Bertz CT molecular complexity index is 448. The maximum absolute atomic E-state index is 12.1. The van der Waals surface area contributed by atoms with Crippen molar-refractivity contribution in [3.63, 3.8) is 0 Å². The van der Waals surface area contributed by atoms with Gasteiger partial charge in [0.2, 0.25) is 0 Å². The minimum absolute atomic E-state index is 0.247. The summed E-state index contributed by atoms with van der Waals surface area (Å²) in [6.45, 7) is 5.07. The highest BCUT2D eigenvalue weighted by Crippen LogP contribution is 2.24. The van der Waals surface area contributed by atoms with E-state index in [1.165, 1.54) is 0 Å². The first kappa shape index (κ1) is 17.7. The largest absolute Gasteiger partial charge is 0.330 e. The molecular weight excluding hydrogens is 338 g/mol. The minimum atomic E-state index is 0.247. The average Bonchev–Trinajstić information content (AvgIpc) is 2.37. The van der Waals surface area contributed by atoms with Crippen LogP contribution in [0, 0.1) is 11.8 Å². The van der Waals surface area contributed by atoms with Crippen LogP contribution < -0.4 is 5.73 Å². The van der Waals surface area contributed by atoms with Crippen LogP contribution in [-0.4, -0.2) is 12.3 Å². The van der Waals surface area contributed by atoms with Crippen LogP contribution in [0.5, 0.6) is 0 Å². The van der Waals surface area contributed by atoms with Crippen LogP contribution >= 0.6 is 27.5 Å². The highest BCUT2D eigenvalue weighted by molar-refractivity contribution is 9.10. The van der Waals surface area contributed by atoms with Gasteiger partial charge in [-0.2, -0.15) is 0 Å². The van der Waals surface area contributed by atoms with Gasteiger partial charge < -0.3 is 5.73 Å². The summed E-state index contributed by atoms with van der Waals surface area (Å²) in [5.41, 5.74) is 6.53. The zero-order chi connectivity index (χ0) is 15.1. The predicted molar refractivity (Wildman–Crippen MR) is 89.1 cm³/mol. The number of nitrogens with two attached hydrogens (primary N) is 1. The Balaban J connectivity index is 2.51. The number of hydrogen-bond donors (Lipinski definition) is 1. The molecule has 4 heteroatoms. The van der Waals surface area contributed by atoms with E-state index in [2.05, 4.69) is 29.8 Å². The molecule has 2 nitrogen and oxygen atoms in total. The monoisotopic (exact) mass is 359 g/mol. The van der Waals surface area contributed by atoms with Gasteiger partial charge in [-0.05, 0) is 48.9 Å². The number of rotatable bonds is 8. The molecule has 0 aliphatic rings. The average molecular weight is 361 g/mol. The van der Waals surface area contributed by atoms with Crippen molar-refractivity contribution in [2.75, 3.05) is 6.54 Å². The molecule has 0 saturated heterocycles. The second kappa shape index (κ2) is 8.81. The van der Waals surface area contributed by atoms with E-state index >= 15 is 0 Å². The molecule has 1 rings (SSSR count). The van der Waals surface area contributed by atoms with Crippen LogP contribution in [0.1, 0.15) is 38.7 Å². The summed E-state index contributed by atoms with van der Waals surface area (Å²) >= 11 is 9.50. The second-order valence-electron chi connectivity index (χ2n) is 5.57. The lowest BCUT2D eigenvalue weighted by Crippen LogP contribution is -2.16. The zero-order valence-corrected chi connectivity index (χ0v) is 14.5. The fourth-order valence-corrected chi connectivity index (χ4v) is 3.08.